The van der Waals surface area contributed by atoms with E-state index in [4.69, 9.17) is 33.1 Å². The molecule has 0 atom stereocenters. The summed E-state index contributed by atoms with van der Waals surface area (Å²) < 4.78 is 27.6. The molecule has 0 aliphatic carbocycles. The van der Waals surface area contributed by atoms with Gasteiger partial charge < -0.3 is 4.74 Å². The molecule has 0 radical (unpaired) electrons. The quantitative estimate of drug-likeness (QED) is 0.670. The lowest BCUT2D eigenvalue weighted by atomic mass is 10.3. The Balaban J connectivity index is 3.06. The molecule has 0 saturated heterocycles. The van der Waals surface area contributed by atoms with Crippen LogP contribution >= 0.6 is 23.2 Å². The first-order valence-corrected chi connectivity index (χ1v) is 6.92. The van der Waals surface area contributed by atoms with Crippen LogP contribution in [0.15, 0.2) is 29.7 Å². The van der Waals surface area contributed by atoms with Gasteiger partial charge in [-0.3, -0.25) is 0 Å². The fourth-order valence-corrected chi connectivity index (χ4v) is 2.46. The Morgan fingerprint density at radius 2 is 2.00 bits per heavy atom. The number of benzene rings is 1. The van der Waals surface area contributed by atoms with Crippen LogP contribution in [0, 0.1) is 0 Å². The van der Waals surface area contributed by atoms with Gasteiger partial charge in [-0.15, -0.1) is 6.58 Å². The lowest BCUT2D eigenvalue weighted by Crippen LogP contribution is -2.13. The molecule has 0 heterocycles. The molecule has 0 fully saturated rings. The van der Waals surface area contributed by atoms with Gasteiger partial charge in [-0.25, -0.2) is 13.6 Å². The molecule has 1 rings (SSSR count). The van der Waals surface area contributed by atoms with Crippen molar-refractivity contribution < 1.29 is 13.2 Å². The normalized spacial score (nSPS) is 11.2. The van der Waals surface area contributed by atoms with Crippen molar-refractivity contribution >= 4 is 33.2 Å². The smallest absolute Gasteiger partial charge is 0.239 e. The number of hydrogen-bond donors (Lipinski definition) is 1. The molecule has 4 nitrogen and oxygen atoms in total. The molecule has 2 N–H and O–H groups in total. The molecule has 7 heteroatoms. The van der Waals surface area contributed by atoms with Crippen LogP contribution in [0.5, 0.6) is 5.75 Å². The summed E-state index contributed by atoms with van der Waals surface area (Å²) in [7, 11) is -3.89. The van der Waals surface area contributed by atoms with Crippen LogP contribution < -0.4 is 9.88 Å². The summed E-state index contributed by atoms with van der Waals surface area (Å²) in [5.74, 6) is 0.311. The van der Waals surface area contributed by atoms with Crippen molar-refractivity contribution in [2.24, 2.45) is 5.14 Å². The van der Waals surface area contributed by atoms with E-state index < -0.39 is 10.0 Å². The standard InChI is InChI=1S/C10H11Cl2NO3S/c1-2-3-4-16-9-5-8(12)10(6-7(9)11)17(13,14)15/h2,5-6H,1,3-4H2,(H2,13,14,15). The van der Waals surface area contributed by atoms with Crippen LogP contribution in [-0.4, -0.2) is 15.0 Å². The number of primary sulfonamides is 1. The minimum Gasteiger partial charge on any atom is -0.492 e. The topological polar surface area (TPSA) is 69.4 Å². The summed E-state index contributed by atoms with van der Waals surface area (Å²) in [6.45, 7) is 3.93. The van der Waals surface area contributed by atoms with Crippen molar-refractivity contribution in [2.45, 2.75) is 11.3 Å². The predicted molar refractivity (Wildman–Crippen MR) is 68.1 cm³/mol. The van der Waals surface area contributed by atoms with Crippen LogP contribution in [0.4, 0.5) is 0 Å². The van der Waals surface area contributed by atoms with Gasteiger partial charge in [0, 0.05) is 6.07 Å². The summed E-state index contributed by atoms with van der Waals surface area (Å²) in [6.07, 6.45) is 2.33. The van der Waals surface area contributed by atoms with Crippen LogP contribution in [0.3, 0.4) is 0 Å². The number of nitrogens with two attached hydrogens (primary N) is 1. The molecule has 0 aliphatic heterocycles. The van der Waals surface area contributed by atoms with Crippen molar-refractivity contribution in [1.29, 1.82) is 0 Å². The largest absolute Gasteiger partial charge is 0.492 e. The maximum absolute atomic E-state index is 11.2. The first-order chi connectivity index (χ1) is 7.86. The SMILES string of the molecule is C=CCCOc1cc(Cl)c(S(N)(=O)=O)cc1Cl. The highest BCUT2D eigenvalue weighted by Crippen LogP contribution is 2.33. The number of halogens is 2. The van der Waals surface area contributed by atoms with Crippen molar-refractivity contribution in [2.75, 3.05) is 6.61 Å². The molecule has 1 aromatic carbocycles. The van der Waals surface area contributed by atoms with E-state index in [-0.39, 0.29) is 14.9 Å². The molecule has 94 valence electrons. The Morgan fingerprint density at radius 1 is 1.35 bits per heavy atom. The van der Waals surface area contributed by atoms with Gasteiger partial charge >= 0.3 is 0 Å². The van der Waals surface area contributed by atoms with Gasteiger partial charge in [0.25, 0.3) is 0 Å². The van der Waals surface area contributed by atoms with E-state index in [9.17, 15) is 8.42 Å². The van der Waals surface area contributed by atoms with E-state index in [1.165, 1.54) is 12.1 Å². The first kappa shape index (κ1) is 14.3. The second kappa shape index (κ2) is 5.73. The van der Waals surface area contributed by atoms with Crippen LogP contribution in [0.2, 0.25) is 10.0 Å². The summed E-state index contributed by atoms with van der Waals surface area (Å²) >= 11 is 11.6. The minimum absolute atomic E-state index is 0.0227. The Hall–Kier alpha value is -0.750. The Bertz CT molecular complexity index is 529. The summed E-state index contributed by atoms with van der Waals surface area (Å²) in [4.78, 5) is -0.222. The fourth-order valence-electron chi connectivity index (χ4n) is 1.09. The average Bonchev–Trinajstić information content (AvgIpc) is 2.21. The molecule has 1 aromatic rings. The van der Waals surface area contributed by atoms with E-state index in [0.717, 1.165) is 0 Å². The maximum atomic E-state index is 11.2. The Morgan fingerprint density at radius 3 is 2.53 bits per heavy atom. The van der Waals surface area contributed by atoms with Crippen LogP contribution in [0.1, 0.15) is 6.42 Å². The summed E-state index contributed by atoms with van der Waals surface area (Å²) in [6, 6.07) is 2.50. The van der Waals surface area contributed by atoms with Gasteiger partial charge in [0.05, 0.1) is 16.7 Å². The van der Waals surface area contributed by atoms with Crippen molar-refractivity contribution in [3.8, 4) is 5.75 Å². The van der Waals surface area contributed by atoms with Gasteiger partial charge in [0.1, 0.15) is 10.6 Å². The lowest BCUT2D eigenvalue weighted by molar-refractivity contribution is 0.325. The lowest BCUT2D eigenvalue weighted by Gasteiger charge is -2.09. The zero-order chi connectivity index (χ0) is 13.1. The monoisotopic (exact) mass is 295 g/mol. The van der Waals surface area contributed by atoms with Crippen LogP contribution in [-0.2, 0) is 10.0 Å². The van der Waals surface area contributed by atoms with Crippen LogP contribution in [0.25, 0.3) is 0 Å². The summed E-state index contributed by atoms with van der Waals surface area (Å²) in [5.41, 5.74) is 0. The third-order valence-electron chi connectivity index (χ3n) is 1.87. The molecule has 0 spiro atoms. The van der Waals surface area contributed by atoms with Gasteiger partial charge in [0.2, 0.25) is 10.0 Å². The zero-order valence-corrected chi connectivity index (χ0v) is 11.1. The van der Waals surface area contributed by atoms with E-state index in [2.05, 4.69) is 6.58 Å². The molecule has 0 amide bonds. The molecular weight excluding hydrogens is 285 g/mol. The number of sulfonamides is 1. The Labute approximate surface area is 110 Å². The van der Waals surface area contributed by atoms with E-state index in [0.29, 0.717) is 18.8 Å². The molecule has 0 aliphatic rings. The van der Waals surface area contributed by atoms with Crippen molar-refractivity contribution in [3.63, 3.8) is 0 Å². The molecule has 0 aromatic heterocycles. The fraction of sp³-hybridized carbons (Fsp3) is 0.200. The summed E-state index contributed by atoms with van der Waals surface area (Å²) in [5, 5.41) is 5.09. The number of rotatable bonds is 5. The highest BCUT2D eigenvalue weighted by molar-refractivity contribution is 7.89. The average molecular weight is 296 g/mol. The van der Waals surface area contributed by atoms with Gasteiger partial charge in [-0.1, -0.05) is 29.3 Å². The third-order valence-corrected chi connectivity index (χ3v) is 3.54. The van der Waals surface area contributed by atoms with Crippen molar-refractivity contribution in [3.05, 3.63) is 34.8 Å². The van der Waals surface area contributed by atoms with Gasteiger partial charge in [0.15, 0.2) is 0 Å². The zero-order valence-electron chi connectivity index (χ0n) is 8.82. The number of hydrogen-bond acceptors (Lipinski definition) is 3. The maximum Gasteiger partial charge on any atom is 0.239 e. The van der Waals surface area contributed by atoms with E-state index in [1.807, 2.05) is 0 Å². The highest BCUT2D eigenvalue weighted by atomic mass is 35.5. The molecule has 17 heavy (non-hydrogen) atoms. The number of ether oxygens (including phenoxy) is 1. The van der Waals surface area contributed by atoms with E-state index in [1.54, 1.807) is 6.08 Å². The van der Waals surface area contributed by atoms with Crippen molar-refractivity contribution in [1.82, 2.24) is 0 Å². The first-order valence-electron chi connectivity index (χ1n) is 4.62. The highest BCUT2D eigenvalue weighted by Gasteiger charge is 2.16. The van der Waals surface area contributed by atoms with Gasteiger partial charge in [-0.05, 0) is 12.5 Å². The van der Waals surface area contributed by atoms with E-state index >= 15 is 0 Å². The molecule has 0 unspecified atom stereocenters. The predicted octanol–water partition coefficient (Wildman–Crippen LogP) is 2.60. The minimum atomic E-state index is -3.89. The second-order valence-corrected chi connectivity index (χ2v) is 5.53. The third kappa shape index (κ3) is 3.89. The van der Waals surface area contributed by atoms with Gasteiger partial charge in [-0.2, -0.15) is 0 Å². The molecule has 0 saturated carbocycles. The Kier molecular flexibility index (Phi) is 4.82. The molecule has 0 bridgehead atoms. The second-order valence-electron chi connectivity index (χ2n) is 3.18. The molecular formula is C10H11Cl2NO3S.